The number of amides is 1. The van der Waals surface area contributed by atoms with Gasteiger partial charge in [-0.3, -0.25) is 4.79 Å². The van der Waals surface area contributed by atoms with Crippen LogP contribution >= 0.6 is 11.3 Å². The summed E-state index contributed by atoms with van der Waals surface area (Å²) in [5, 5.41) is 3.42. The Kier molecular flexibility index (Phi) is 2.96. The molecule has 1 amide bonds. The van der Waals surface area contributed by atoms with Crippen molar-refractivity contribution in [2.75, 3.05) is 5.32 Å². The van der Waals surface area contributed by atoms with Gasteiger partial charge >= 0.3 is 0 Å². The van der Waals surface area contributed by atoms with Gasteiger partial charge in [-0.05, 0) is 12.1 Å². The first-order valence-electron chi connectivity index (χ1n) is 5.65. The molecule has 3 rings (SSSR count). The summed E-state index contributed by atoms with van der Waals surface area (Å²) in [5.74, 6) is -0.116. The average Bonchev–Trinajstić information content (AvgIpc) is 2.94. The molecule has 2 unspecified atom stereocenters. The highest BCUT2D eigenvalue weighted by Gasteiger charge is 2.27. The Morgan fingerprint density at radius 2 is 2.28 bits per heavy atom. The third-order valence-electron chi connectivity index (χ3n) is 2.77. The smallest absolute Gasteiger partial charge is 0.244 e. The topological polar surface area (TPSA) is 92.1 Å². The van der Waals surface area contributed by atoms with E-state index in [4.69, 9.17) is 5.73 Å². The van der Waals surface area contributed by atoms with Crippen molar-refractivity contribution in [2.24, 2.45) is 5.73 Å². The third kappa shape index (κ3) is 2.21. The largest absolute Gasteiger partial charge is 0.315 e. The van der Waals surface area contributed by atoms with Crippen LogP contribution in [0.2, 0.25) is 0 Å². The quantitative estimate of drug-likeness (QED) is 0.629. The fraction of sp³-hybridized carbons (Fsp3) is 0.273. The highest BCUT2D eigenvalue weighted by molar-refractivity contribution is 7.22. The lowest BCUT2D eigenvalue weighted by atomic mass is 10.2. The molecule has 0 aliphatic carbocycles. The summed E-state index contributed by atoms with van der Waals surface area (Å²) in [7, 11) is 0. The minimum atomic E-state index is -0.313. The van der Waals surface area contributed by atoms with Gasteiger partial charge in [0.2, 0.25) is 5.91 Å². The SMILES string of the molecule is NC1CC(C(=O)Nc2nc3ccccc3s2)NN1. The van der Waals surface area contributed by atoms with Crippen molar-refractivity contribution in [1.82, 2.24) is 15.8 Å². The molecular weight excluding hydrogens is 250 g/mol. The molecule has 1 aliphatic rings. The Labute approximate surface area is 108 Å². The van der Waals surface area contributed by atoms with Crippen molar-refractivity contribution in [3.63, 3.8) is 0 Å². The predicted molar refractivity (Wildman–Crippen MR) is 70.9 cm³/mol. The molecule has 2 aromatic rings. The lowest BCUT2D eigenvalue weighted by Gasteiger charge is -2.07. The van der Waals surface area contributed by atoms with E-state index in [-0.39, 0.29) is 18.1 Å². The summed E-state index contributed by atoms with van der Waals surface area (Å²) >= 11 is 1.46. The predicted octanol–water partition coefficient (Wildman–Crippen LogP) is 0.386. The second kappa shape index (κ2) is 4.62. The number of anilines is 1. The van der Waals surface area contributed by atoms with Crippen LogP contribution in [0, 0.1) is 0 Å². The molecule has 94 valence electrons. The van der Waals surface area contributed by atoms with E-state index in [1.165, 1.54) is 11.3 Å². The van der Waals surface area contributed by atoms with Gasteiger partial charge in [-0.25, -0.2) is 15.8 Å². The van der Waals surface area contributed by atoms with E-state index in [1.54, 1.807) is 0 Å². The van der Waals surface area contributed by atoms with Crippen LogP contribution in [-0.2, 0) is 4.79 Å². The minimum absolute atomic E-state index is 0.116. The second-order valence-corrected chi connectivity index (χ2v) is 5.19. The maximum absolute atomic E-state index is 11.9. The van der Waals surface area contributed by atoms with E-state index in [2.05, 4.69) is 21.2 Å². The molecule has 18 heavy (non-hydrogen) atoms. The lowest BCUT2D eigenvalue weighted by Crippen LogP contribution is -2.41. The van der Waals surface area contributed by atoms with Crippen LogP contribution in [-0.4, -0.2) is 23.1 Å². The Balaban J connectivity index is 1.74. The van der Waals surface area contributed by atoms with Crippen LogP contribution in [0.15, 0.2) is 24.3 Å². The first-order chi connectivity index (χ1) is 8.72. The van der Waals surface area contributed by atoms with Crippen molar-refractivity contribution in [3.8, 4) is 0 Å². The van der Waals surface area contributed by atoms with E-state index < -0.39 is 0 Å². The molecule has 2 heterocycles. The molecule has 1 fully saturated rings. The number of hydrogen-bond donors (Lipinski definition) is 4. The molecule has 5 N–H and O–H groups in total. The van der Waals surface area contributed by atoms with Gasteiger partial charge in [0.15, 0.2) is 5.13 Å². The summed E-state index contributed by atoms with van der Waals surface area (Å²) in [6.07, 6.45) is 0.382. The molecule has 0 radical (unpaired) electrons. The fourth-order valence-corrected chi connectivity index (χ4v) is 2.74. The Morgan fingerprint density at radius 3 is 3.00 bits per heavy atom. The van der Waals surface area contributed by atoms with Gasteiger partial charge in [-0.15, -0.1) is 0 Å². The molecular formula is C11H13N5OS. The number of aromatic nitrogens is 1. The highest BCUT2D eigenvalue weighted by Crippen LogP contribution is 2.25. The number of nitrogens with zero attached hydrogens (tertiary/aromatic N) is 1. The summed E-state index contributed by atoms with van der Waals surface area (Å²) in [6.45, 7) is 0. The molecule has 1 saturated heterocycles. The molecule has 1 aromatic carbocycles. The normalized spacial score (nSPS) is 23.4. The average molecular weight is 263 g/mol. The zero-order valence-electron chi connectivity index (χ0n) is 9.51. The zero-order chi connectivity index (χ0) is 12.5. The molecule has 0 spiro atoms. The number of carbonyl (C=O) groups excluding carboxylic acids is 1. The monoisotopic (exact) mass is 263 g/mol. The molecule has 6 nitrogen and oxygen atoms in total. The van der Waals surface area contributed by atoms with Gasteiger partial charge < -0.3 is 11.1 Å². The van der Waals surface area contributed by atoms with Crippen LogP contribution in [0.25, 0.3) is 10.2 Å². The Morgan fingerprint density at radius 1 is 1.44 bits per heavy atom. The minimum Gasteiger partial charge on any atom is -0.315 e. The molecule has 2 atom stereocenters. The number of para-hydroxylation sites is 1. The van der Waals surface area contributed by atoms with Crippen LogP contribution in [0.3, 0.4) is 0 Å². The van der Waals surface area contributed by atoms with Gasteiger partial charge in [0.05, 0.1) is 16.4 Å². The van der Waals surface area contributed by atoms with Gasteiger partial charge in [-0.2, -0.15) is 0 Å². The number of rotatable bonds is 2. The van der Waals surface area contributed by atoms with E-state index in [0.29, 0.717) is 11.6 Å². The second-order valence-electron chi connectivity index (χ2n) is 4.16. The maximum Gasteiger partial charge on any atom is 0.244 e. The first kappa shape index (κ1) is 11.5. The Hall–Kier alpha value is -1.54. The maximum atomic E-state index is 11.9. The zero-order valence-corrected chi connectivity index (χ0v) is 10.3. The van der Waals surface area contributed by atoms with Crippen molar-refractivity contribution >= 4 is 32.6 Å². The molecule has 1 aromatic heterocycles. The molecule has 0 bridgehead atoms. The molecule has 0 saturated carbocycles. The third-order valence-corrected chi connectivity index (χ3v) is 3.72. The first-order valence-corrected chi connectivity index (χ1v) is 6.47. The summed E-state index contributed by atoms with van der Waals surface area (Å²) in [4.78, 5) is 16.3. The highest BCUT2D eigenvalue weighted by atomic mass is 32.1. The number of thiazole rings is 1. The van der Waals surface area contributed by atoms with Crippen molar-refractivity contribution in [1.29, 1.82) is 0 Å². The molecule has 7 heteroatoms. The van der Waals surface area contributed by atoms with Crippen molar-refractivity contribution < 1.29 is 4.79 Å². The Bertz CT molecular complexity index is 551. The van der Waals surface area contributed by atoms with Crippen molar-refractivity contribution in [3.05, 3.63) is 24.3 Å². The number of carbonyl (C=O) groups is 1. The van der Waals surface area contributed by atoms with Crippen LogP contribution < -0.4 is 21.9 Å². The van der Waals surface area contributed by atoms with Crippen LogP contribution in [0.5, 0.6) is 0 Å². The van der Waals surface area contributed by atoms with E-state index in [0.717, 1.165) is 10.2 Å². The van der Waals surface area contributed by atoms with E-state index >= 15 is 0 Å². The van der Waals surface area contributed by atoms with Gasteiger partial charge in [0.1, 0.15) is 6.04 Å². The number of benzene rings is 1. The van der Waals surface area contributed by atoms with Crippen LogP contribution in [0.4, 0.5) is 5.13 Å². The number of hydrogen-bond acceptors (Lipinski definition) is 6. The summed E-state index contributed by atoms with van der Waals surface area (Å²) in [5.41, 5.74) is 12.2. The number of nitrogens with one attached hydrogen (secondary N) is 3. The van der Waals surface area contributed by atoms with Crippen molar-refractivity contribution in [2.45, 2.75) is 18.6 Å². The van der Waals surface area contributed by atoms with Gasteiger partial charge in [0.25, 0.3) is 0 Å². The number of nitrogens with two attached hydrogens (primary N) is 1. The molecule has 1 aliphatic heterocycles. The number of hydrazine groups is 1. The van der Waals surface area contributed by atoms with Gasteiger partial charge in [0, 0.05) is 6.42 Å². The summed E-state index contributed by atoms with van der Waals surface area (Å²) in [6, 6.07) is 7.47. The standard InChI is InChI=1S/C11H13N5OS/c12-9-5-7(15-16-9)10(17)14-11-13-6-3-1-2-4-8(6)18-11/h1-4,7,9,15-16H,5,12H2,(H,13,14,17). The lowest BCUT2D eigenvalue weighted by molar-refractivity contribution is -0.117. The van der Waals surface area contributed by atoms with E-state index in [1.807, 2.05) is 24.3 Å². The summed E-state index contributed by atoms with van der Waals surface area (Å²) < 4.78 is 1.06. The fourth-order valence-electron chi connectivity index (χ4n) is 1.87. The van der Waals surface area contributed by atoms with E-state index in [9.17, 15) is 4.79 Å². The number of fused-ring (bicyclic) bond motifs is 1. The van der Waals surface area contributed by atoms with Crippen LogP contribution in [0.1, 0.15) is 6.42 Å². The van der Waals surface area contributed by atoms with Gasteiger partial charge in [-0.1, -0.05) is 23.5 Å².